The molecule has 0 aliphatic rings. The molecular weight excluding hydrogens is 460 g/mol. The maximum Gasteiger partial charge on any atom is 0.251 e. The third-order valence-electron chi connectivity index (χ3n) is 5.18. The number of hydrogen-bond donors (Lipinski definition) is 3. The van der Waals surface area contributed by atoms with Crippen molar-refractivity contribution in [2.24, 2.45) is 0 Å². The SMILES string of the molecule is CC(=O)Nc1ccc(-c2csc(NC(=O)C(Cc3ccccc3)NC(=O)c3ccccc3)n2)cc1. The first-order valence-electron chi connectivity index (χ1n) is 11.0. The Balaban J connectivity index is 1.47. The molecule has 0 fully saturated rings. The van der Waals surface area contributed by atoms with E-state index in [1.54, 1.807) is 36.4 Å². The van der Waals surface area contributed by atoms with Crippen LogP contribution in [0.5, 0.6) is 0 Å². The predicted molar refractivity (Wildman–Crippen MR) is 138 cm³/mol. The molecule has 0 saturated carbocycles. The zero-order chi connectivity index (χ0) is 24.6. The lowest BCUT2D eigenvalue weighted by molar-refractivity contribution is -0.118. The molecule has 3 aromatic carbocycles. The lowest BCUT2D eigenvalue weighted by atomic mass is 10.0. The molecule has 7 nitrogen and oxygen atoms in total. The minimum atomic E-state index is -0.783. The summed E-state index contributed by atoms with van der Waals surface area (Å²) in [7, 11) is 0. The maximum absolute atomic E-state index is 13.2. The number of aromatic nitrogens is 1. The molecular formula is C27H24N4O3S. The smallest absolute Gasteiger partial charge is 0.251 e. The molecule has 3 amide bonds. The summed E-state index contributed by atoms with van der Waals surface area (Å²) >= 11 is 1.30. The topological polar surface area (TPSA) is 100 Å². The van der Waals surface area contributed by atoms with E-state index in [1.165, 1.54) is 18.3 Å². The molecule has 1 aromatic heterocycles. The molecule has 3 N–H and O–H groups in total. The summed E-state index contributed by atoms with van der Waals surface area (Å²) in [6, 6.07) is 24.8. The van der Waals surface area contributed by atoms with Crippen LogP contribution in [0.15, 0.2) is 90.3 Å². The average molecular weight is 485 g/mol. The lowest BCUT2D eigenvalue weighted by Crippen LogP contribution is -2.45. The van der Waals surface area contributed by atoms with Crippen LogP contribution in [-0.4, -0.2) is 28.7 Å². The van der Waals surface area contributed by atoms with Crippen molar-refractivity contribution in [2.75, 3.05) is 10.6 Å². The monoisotopic (exact) mass is 484 g/mol. The van der Waals surface area contributed by atoms with E-state index in [-0.39, 0.29) is 17.7 Å². The highest BCUT2D eigenvalue weighted by atomic mass is 32.1. The number of hydrogen-bond acceptors (Lipinski definition) is 5. The van der Waals surface area contributed by atoms with E-state index in [9.17, 15) is 14.4 Å². The van der Waals surface area contributed by atoms with Gasteiger partial charge in [-0.05, 0) is 29.8 Å². The highest BCUT2D eigenvalue weighted by Crippen LogP contribution is 2.26. The quantitative estimate of drug-likeness (QED) is 0.336. The molecule has 0 spiro atoms. The lowest BCUT2D eigenvalue weighted by Gasteiger charge is -2.18. The molecule has 0 aliphatic carbocycles. The van der Waals surface area contributed by atoms with Crippen molar-refractivity contribution in [3.05, 3.63) is 101 Å². The summed E-state index contributed by atoms with van der Waals surface area (Å²) in [4.78, 5) is 41.7. The summed E-state index contributed by atoms with van der Waals surface area (Å²) < 4.78 is 0. The molecule has 4 rings (SSSR count). The number of nitrogens with zero attached hydrogens (tertiary/aromatic N) is 1. The molecule has 0 radical (unpaired) electrons. The Kier molecular flexibility index (Phi) is 7.64. The average Bonchev–Trinajstić information content (AvgIpc) is 3.33. The fourth-order valence-electron chi connectivity index (χ4n) is 3.47. The summed E-state index contributed by atoms with van der Waals surface area (Å²) in [5.74, 6) is -0.804. The van der Waals surface area contributed by atoms with Gasteiger partial charge in [-0.15, -0.1) is 11.3 Å². The number of benzene rings is 3. The second-order valence-corrected chi connectivity index (χ2v) is 8.73. The molecule has 35 heavy (non-hydrogen) atoms. The molecule has 4 aromatic rings. The molecule has 176 valence electrons. The summed E-state index contributed by atoms with van der Waals surface area (Å²) in [6.07, 6.45) is 0.341. The van der Waals surface area contributed by atoms with E-state index in [0.717, 1.165) is 11.1 Å². The maximum atomic E-state index is 13.2. The van der Waals surface area contributed by atoms with Gasteiger partial charge in [0.05, 0.1) is 5.69 Å². The molecule has 8 heteroatoms. The van der Waals surface area contributed by atoms with Crippen LogP contribution in [-0.2, 0) is 16.0 Å². The molecule has 0 bridgehead atoms. The van der Waals surface area contributed by atoms with Gasteiger partial charge >= 0.3 is 0 Å². The minimum Gasteiger partial charge on any atom is -0.340 e. The number of carbonyl (C=O) groups excluding carboxylic acids is 3. The Hall–Kier alpha value is -4.30. The van der Waals surface area contributed by atoms with Gasteiger partial charge in [0, 0.05) is 35.5 Å². The third-order valence-corrected chi connectivity index (χ3v) is 5.93. The molecule has 1 unspecified atom stereocenters. The first-order chi connectivity index (χ1) is 17.0. The Morgan fingerprint density at radius 1 is 0.857 bits per heavy atom. The Bertz CT molecular complexity index is 1310. The van der Waals surface area contributed by atoms with Crippen LogP contribution >= 0.6 is 11.3 Å². The van der Waals surface area contributed by atoms with Crippen molar-refractivity contribution in [1.29, 1.82) is 0 Å². The van der Waals surface area contributed by atoms with Gasteiger partial charge in [0.2, 0.25) is 11.8 Å². The summed E-state index contributed by atoms with van der Waals surface area (Å²) in [5.41, 5.74) is 3.67. The van der Waals surface area contributed by atoms with Crippen LogP contribution in [0, 0.1) is 0 Å². The number of amides is 3. The van der Waals surface area contributed by atoms with E-state index in [0.29, 0.717) is 28.5 Å². The zero-order valence-corrected chi connectivity index (χ0v) is 19.8. The highest BCUT2D eigenvalue weighted by molar-refractivity contribution is 7.14. The van der Waals surface area contributed by atoms with Crippen molar-refractivity contribution >= 4 is 39.9 Å². The zero-order valence-electron chi connectivity index (χ0n) is 19.0. The number of rotatable bonds is 8. The number of thiazole rings is 1. The van der Waals surface area contributed by atoms with Crippen molar-refractivity contribution < 1.29 is 14.4 Å². The van der Waals surface area contributed by atoms with Crippen molar-refractivity contribution in [1.82, 2.24) is 10.3 Å². The van der Waals surface area contributed by atoms with Gasteiger partial charge in [-0.1, -0.05) is 60.7 Å². The van der Waals surface area contributed by atoms with E-state index in [2.05, 4.69) is 20.9 Å². The van der Waals surface area contributed by atoms with Crippen LogP contribution in [0.1, 0.15) is 22.8 Å². The fraction of sp³-hybridized carbons (Fsp3) is 0.111. The van der Waals surface area contributed by atoms with Gasteiger partial charge < -0.3 is 16.0 Å². The second kappa shape index (κ2) is 11.2. The third kappa shape index (κ3) is 6.61. The van der Waals surface area contributed by atoms with Crippen LogP contribution < -0.4 is 16.0 Å². The molecule has 1 atom stereocenters. The molecule has 0 aliphatic heterocycles. The van der Waals surface area contributed by atoms with Gasteiger partial charge in [-0.25, -0.2) is 4.98 Å². The standard InChI is InChI=1S/C27H24N4O3S/c1-18(32)28-22-14-12-20(13-15-22)24-17-35-27(30-24)31-26(34)23(16-19-8-4-2-5-9-19)29-25(33)21-10-6-3-7-11-21/h2-15,17,23H,16H2,1H3,(H,28,32)(H,29,33)(H,30,31,34). The molecule has 1 heterocycles. The van der Waals surface area contributed by atoms with Crippen LogP contribution in [0.3, 0.4) is 0 Å². The fourth-order valence-corrected chi connectivity index (χ4v) is 4.20. The van der Waals surface area contributed by atoms with Gasteiger partial charge in [-0.3, -0.25) is 14.4 Å². The van der Waals surface area contributed by atoms with E-state index >= 15 is 0 Å². The number of nitrogens with one attached hydrogen (secondary N) is 3. The highest BCUT2D eigenvalue weighted by Gasteiger charge is 2.23. The van der Waals surface area contributed by atoms with Crippen LogP contribution in [0.4, 0.5) is 10.8 Å². The Labute approximate surface area is 207 Å². The minimum absolute atomic E-state index is 0.138. The largest absolute Gasteiger partial charge is 0.340 e. The van der Waals surface area contributed by atoms with Crippen molar-refractivity contribution in [2.45, 2.75) is 19.4 Å². The molecule has 0 saturated heterocycles. The Morgan fingerprint density at radius 3 is 2.17 bits per heavy atom. The summed E-state index contributed by atoms with van der Waals surface area (Å²) in [5, 5.41) is 10.7. The Morgan fingerprint density at radius 2 is 1.51 bits per heavy atom. The normalized spacial score (nSPS) is 11.3. The van der Waals surface area contributed by atoms with Gasteiger partial charge in [0.15, 0.2) is 5.13 Å². The van der Waals surface area contributed by atoms with Crippen LogP contribution in [0.25, 0.3) is 11.3 Å². The first kappa shape index (κ1) is 23.8. The number of anilines is 2. The van der Waals surface area contributed by atoms with E-state index in [4.69, 9.17) is 0 Å². The number of carbonyl (C=O) groups is 3. The van der Waals surface area contributed by atoms with Crippen molar-refractivity contribution in [3.8, 4) is 11.3 Å². The first-order valence-corrected chi connectivity index (χ1v) is 11.9. The van der Waals surface area contributed by atoms with Crippen molar-refractivity contribution in [3.63, 3.8) is 0 Å². The van der Waals surface area contributed by atoms with Gasteiger partial charge in [0.25, 0.3) is 5.91 Å². The second-order valence-electron chi connectivity index (χ2n) is 7.87. The van der Waals surface area contributed by atoms with Gasteiger partial charge in [0.1, 0.15) is 6.04 Å². The summed E-state index contributed by atoms with van der Waals surface area (Å²) in [6.45, 7) is 1.45. The van der Waals surface area contributed by atoms with Gasteiger partial charge in [-0.2, -0.15) is 0 Å². The van der Waals surface area contributed by atoms with E-state index < -0.39 is 6.04 Å². The van der Waals surface area contributed by atoms with Crippen LogP contribution in [0.2, 0.25) is 0 Å². The predicted octanol–water partition coefficient (Wildman–Crippen LogP) is 4.75. The van der Waals surface area contributed by atoms with E-state index in [1.807, 2.05) is 53.9 Å².